The van der Waals surface area contributed by atoms with Crippen molar-refractivity contribution >= 4 is 17.3 Å². The van der Waals surface area contributed by atoms with E-state index in [2.05, 4.69) is 24.2 Å². The summed E-state index contributed by atoms with van der Waals surface area (Å²) in [4.78, 5) is 5.83. The van der Waals surface area contributed by atoms with Crippen molar-refractivity contribution in [3.05, 3.63) is 70.7 Å². The molecule has 1 aliphatic heterocycles. The summed E-state index contributed by atoms with van der Waals surface area (Å²) >= 11 is 5.93. The number of hydrogen-bond donors (Lipinski definition) is 0. The van der Waals surface area contributed by atoms with E-state index in [9.17, 15) is 0 Å². The van der Waals surface area contributed by atoms with Crippen molar-refractivity contribution < 1.29 is 4.84 Å². The maximum absolute atomic E-state index is 5.93. The fraction of sp³-hybridized carbons (Fsp3) is 0.235. The lowest BCUT2D eigenvalue weighted by Crippen LogP contribution is -2.25. The van der Waals surface area contributed by atoms with E-state index in [1.165, 1.54) is 5.56 Å². The maximum atomic E-state index is 5.93. The van der Waals surface area contributed by atoms with Gasteiger partial charge in [-0.15, -0.1) is 0 Å². The van der Waals surface area contributed by atoms with Crippen LogP contribution in [0, 0.1) is 0 Å². The number of rotatable bonds is 3. The van der Waals surface area contributed by atoms with Crippen molar-refractivity contribution in [2.75, 3.05) is 0 Å². The van der Waals surface area contributed by atoms with Gasteiger partial charge >= 0.3 is 0 Å². The molecule has 2 aromatic carbocycles. The number of nitrogens with zero attached hydrogens (tertiary/aromatic N) is 1. The first-order chi connectivity index (χ1) is 9.73. The van der Waals surface area contributed by atoms with Gasteiger partial charge in [-0.1, -0.05) is 66.1 Å². The molecule has 0 unspecified atom stereocenters. The zero-order valence-electron chi connectivity index (χ0n) is 11.3. The monoisotopic (exact) mass is 285 g/mol. The van der Waals surface area contributed by atoms with Crippen LogP contribution in [0.25, 0.3) is 0 Å². The van der Waals surface area contributed by atoms with E-state index in [4.69, 9.17) is 16.4 Å². The molecule has 1 atom stereocenters. The second-order valence-electron chi connectivity index (χ2n) is 5.03. The molecule has 0 radical (unpaired) electrons. The van der Waals surface area contributed by atoms with Gasteiger partial charge in [-0.2, -0.15) is 0 Å². The summed E-state index contributed by atoms with van der Waals surface area (Å²) in [6, 6.07) is 18.0. The second-order valence-corrected chi connectivity index (χ2v) is 5.46. The van der Waals surface area contributed by atoms with Gasteiger partial charge < -0.3 is 4.84 Å². The first-order valence-corrected chi connectivity index (χ1v) is 7.18. The van der Waals surface area contributed by atoms with Crippen LogP contribution in [-0.2, 0) is 10.4 Å². The molecule has 1 aliphatic rings. The van der Waals surface area contributed by atoms with Crippen LogP contribution in [0.2, 0.25) is 5.02 Å². The molecular formula is C17H16ClNO. The fourth-order valence-corrected chi connectivity index (χ4v) is 2.69. The third-order valence-electron chi connectivity index (χ3n) is 3.83. The van der Waals surface area contributed by atoms with E-state index < -0.39 is 0 Å². The van der Waals surface area contributed by atoms with Crippen LogP contribution in [0.4, 0.5) is 0 Å². The lowest BCUT2D eigenvalue weighted by atomic mass is 9.85. The standard InChI is InChI=1S/C17H16ClNO/c1-2-17(14-6-4-3-5-7-14)12-16(19-20-17)13-8-10-15(18)11-9-13/h3-11H,2,12H2,1H3/t17-/m0/s1. The van der Waals surface area contributed by atoms with E-state index in [0.717, 1.165) is 29.1 Å². The summed E-state index contributed by atoms with van der Waals surface area (Å²) in [7, 11) is 0. The second kappa shape index (κ2) is 5.29. The number of oxime groups is 1. The van der Waals surface area contributed by atoms with Crippen LogP contribution in [0.15, 0.2) is 59.8 Å². The predicted molar refractivity (Wildman–Crippen MR) is 82.1 cm³/mol. The van der Waals surface area contributed by atoms with Crippen molar-refractivity contribution in [3.63, 3.8) is 0 Å². The van der Waals surface area contributed by atoms with Gasteiger partial charge in [0.05, 0.1) is 5.71 Å². The fourth-order valence-electron chi connectivity index (χ4n) is 2.56. The SMILES string of the molecule is CC[C@@]1(c2ccccc2)CC(c2ccc(Cl)cc2)=NO1. The first kappa shape index (κ1) is 13.2. The van der Waals surface area contributed by atoms with E-state index in [-0.39, 0.29) is 5.60 Å². The van der Waals surface area contributed by atoms with Crippen molar-refractivity contribution in [2.45, 2.75) is 25.4 Å². The van der Waals surface area contributed by atoms with E-state index in [1.807, 2.05) is 42.5 Å². The average molecular weight is 286 g/mol. The molecule has 102 valence electrons. The van der Waals surface area contributed by atoms with Crippen molar-refractivity contribution in [1.82, 2.24) is 0 Å². The Labute approximate surface area is 124 Å². The molecule has 20 heavy (non-hydrogen) atoms. The Balaban J connectivity index is 1.88. The topological polar surface area (TPSA) is 21.6 Å². The Hall–Kier alpha value is -1.80. The van der Waals surface area contributed by atoms with Gasteiger partial charge in [0.15, 0.2) is 5.60 Å². The van der Waals surface area contributed by atoms with Gasteiger partial charge in [0, 0.05) is 11.4 Å². The van der Waals surface area contributed by atoms with E-state index in [0.29, 0.717) is 0 Å². The van der Waals surface area contributed by atoms with Crippen LogP contribution in [0.5, 0.6) is 0 Å². The minimum absolute atomic E-state index is 0.337. The highest BCUT2D eigenvalue weighted by Crippen LogP contribution is 2.39. The van der Waals surface area contributed by atoms with Crippen molar-refractivity contribution in [2.24, 2.45) is 5.16 Å². The Morgan fingerprint density at radius 3 is 2.45 bits per heavy atom. The van der Waals surface area contributed by atoms with Gasteiger partial charge in [-0.05, 0) is 29.7 Å². The average Bonchev–Trinajstić information content (AvgIpc) is 2.95. The summed E-state index contributed by atoms with van der Waals surface area (Å²) < 4.78 is 0. The molecule has 0 N–H and O–H groups in total. The molecule has 3 heteroatoms. The third-order valence-corrected chi connectivity index (χ3v) is 4.08. The maximum Gasteiger partial charge on any atom is 0.168 e. The van der Waals surface area contributed by atoms with Gasteiger partial charge in [0.2, 0.25) is 0 Å². The molecule has 0 amide bonds. The highest BCUT2D eigenvalue weighted by molar-refractivity contribution is 6.30. The molecule has 2 nitrogen and oxygen atoms in total. The minimum atomic E-state index is -0.337. The summed E-state index contributed by atoms with van der Waals surface area (Å²) in [6.07, 6.45) is 1.67. The summed E-state index contributed by atoms with van der Waals surface area (Å²) in [5.74, 6) is 0. The smallest absolute Gasteiger partial charge is 0.168 e. The molecule has 0 saturated heterocycles. The van der Waals surface area contributed by atoms with Gasteiger partial charge in [0.1, 0.15) is 0 Å². The summed E-state index contributed by atoms with van der Waals surface area (Å²) in [5.41, 5.74) is 2.89. The Kier molecular flexibility index (Phi) is 3.49. The van der Waals surface area contributed by atoms with Gasteiger partial charge in [-0.25, -0.2) is 0 Å². The number of benzene rings is 2. The molecule has 0 fully saturated rings. The van der Waals surface area contributed by atoms with Crippen LogP contribution >= 0.6 is 11.6 Å². The lowest BCUT2D eigenvalue weighted by molar-refractivity contribution is -0.0263. The van der Waals surface area contributed by atoms with Crippen LogP contribution in [0.1, 0.15) is 30.9 Å². The van der Waals surface area contributed by atoms with Crippen LogP contribution in [0.3, 0.4) is 0 Å². The minimum Gasteiger partial charge on any atom is -0.384 e. The van der Waals surface area contributed by atoms with Gasteiger partial charge in [0.25, 0.3) is 0 Å². The molecule has 0 spiro atoms. The molecule has 1 heterocycles. The largest absolute Gasteiger partial charge is 0.384 e. The molecule has 0 saturated carbocycles. The summed E-state index contributed by atoms with van der Waals surface area (Å²) in [5, 5.41) is 5.04. The predicted octanol–water partition coefficient (Wildman–Crippen LogP) is 4.77. The highest BCUT2D eigenvalue weighted by atomic mass is 35.5. The van der Waals surface area contributed by atoms with Crippen LogP contribution in [-0.4, -0.2) is 5.71 Å². The molecule has 0 bridgehead atoms. The lowest BCUT2D eigenvalue weighted by Gasteiger charge is -2.25. The van der Waals surface area contributed by atoms with Crippen molar-refractivity contribution in [1.29, 1.82) is 0 Å². The quantitative estimate of drug-likeness (QED) is 0.796. The van der Waals surface area contributed by atoms with E-state index in [1.54, 1.807) is 0 Å². The molecule has 0 aromatic heterocycles. The molecule has 3 rings (SSSR count). The Morgan fingerprint density at radius 1 is 1.10 bits per heavy atom. The molecule has 0 aliphatic carbocycles. The molecule has 2 aromatic rings. The first-order valence-electron chi connectivity index (χ1n) is 6.80. The number of halogens is 1. The van der Waals surface area contributed by atoms with Gasteiger partial charge in [-0.3, -0.25) is 0 Å². The highest BCUT2D eigenvalue weighted by Gasteiger charge is 2.39. The van der Waals surface area contributed by atoms with E-state index >= 15 is 0 Å². The van der Waals surface area contributed by atoms with Crippen molar-refractivity contribution in [3.8, 4) is 0 Å². The van der Waals surface area contributed by atoms with Crippen LogP contribution < -0.4 is 0 Å². The number of hydrogen-bond acceptors (Lipinski definition) is 2. The zero-order valence-corrected chi connectivity index (χ0v) is 12.1. The molecular weight excluding hydrogens is 270 g/mol. The Morgan fingerprint density at radius 2 is 1.80 bits per heavy atom. The summed E-state index contributed by atoms with van der Waals surface area (Å²) in [6.45, 7) is 2.13. The third kappa shape index (κ3) is 2.32. The zero-order chi connectivity index (χ0) is 14.0. The Bertz CT molecular complexity index is 621. The normalized spacial score (nSPS) is 21.4.